The van der Waals surface area contributed by atoms with Gasteiger partial charge in [0.05, 0.1) is 11.9 Å². The third kappa shape index (κ3) is 3.30. The Morgan fingerprint density at radius 3 is 2.88 bits per heavy atom. The predicted molar refractivity (Wildman–Crippen MR) is 88.3 cm³/mol. The van der Waals surface area contributed by atoms with Crippen LogP contribution in [0.3, 0.4) is 0 Å². The lowest BCUT2D eigenvalue weighted by atomic mass is 10.1. The highest BCUT2D eigenvalue weighted by molar-refractivity contribution is 5.99. The van der Waals surface area contributed by atoms with Crippen LogP contribution in [0.5, 0.6) is 0 Å². The van der Waals surface area contributed by atoms with E-state index >= 15 is 0 Å². The van der Waals surface area contributed by atoms with Crippen molar-refractivity contribution < 1.29 is 14.2 Å². The number of nitrogens with zero attached hydrogens (tertiary/aromatic N) is 4. The molecule has 2 heterocycles. The second-order valence-electron chi connectivity index (χ2n) is 5.40. The van der Waals surface area contributed by atoms with E-state index in [0.29, 0.717) is 11.4 Å². The molecule has 0 radical (unpaired) electrons. The number of hydrogen-bond donors (Lipinski definition) is 3. The summed E-state index contributed by atoms with van der Waals surface area (Å²) in [5.74, 6) is -1.25. The molecule has 0 aliphatic carbocycles. The fourth-order valence-corrected chi connectivity index (χ4v) is 2.38. The summed E-state index contributed by atoms with van der Waals surface area (Å²) >= 11 is 0. The lowest BCUT2D eigenvalue weighted by Gasteiger charge is -2.05. The first-order chi connectivity index (χ1) is 12.0. The van der Waals surface area contributed by atoms with E-state index in [0.717, 1.165) is 24.2 Å². The van der Waals surface area contributed by atoms with Crippen LogP contribution < -0.4 is 11.1 Å². The standard InChI is InChI=1S/C16H15F2N7/c1-9(12-3-4-13(22-12)16(20)21-8-19)14-7-25(24-23-14)15-5-2-10(17)6-11(15)18/h2-9,22H,1H3,(H3,19,20,21)/p+1. The van der Waals surface area contributed by atoms with Gasteiger partial charge in [0.2, 0.25) is 0 Å². The monoisotopic (exact) mass is 344 g/mol. The van der Waals surface area contributed by atoms with Gasteiger partial charge in [0.25, 0.3) is 12.2 Å². The van der Waals surface area contributed by atoms with Crippen molar-refractivity contribution in [2.75, 3.05) is 0 Å². The molecule has 7 nitrogen and oxygen atoms in total. The molecule has 0 bridgehead atoms. The van der Waals surface area contributed by atoms with Gasteiger partial charge in [0, 0.05) is 17.7 Å². The van der Waals surface area contributed by atoms with E-state index in [-0.39, 0.29) is 17.4 Å². The van der Waals surface area contributed by atoms with Crippen molar-refractivity contribution in [3.8, 4) is 5.69 Å². The molecule has 0 saturated carbocycles. The molecule has 0 amide bonds. The summed E-state index contributed by atoms with van der Waals surface area (Å²) in [6.07, 6.45) is 2.70. The van der Waals surface area contributed by atoms with Crippen molar-refractivity contribution in [2.24, 2.45) is 10.7 Å². The van der Waals surface area contributed by atoms with Crippen LogP contribution in [0.4, 0.5) is 8.78 Å². The fourth-order valence-electron chi connectivity index (χ4n) is 2.38. The van der Waals surface area contributed by atoms with E-state index in [2.05, 4.69) is 20.3 Å². The number of aromatic nitrogens is 4. The normalized spacial score (nSPS) is 13.0. The molecule has 25 heavy (non-hydrogen) atoms. The van der Waals surface area contributed by atoms with Crippen molar-refractivity contribution in [3.05, 3.63) is 65.2 Å². The topological polar surface area (TPSA) is 110 Å². The zero-order chi connectivity index (χ0) is 18.0. The van der Waals surface area contributed by atoms with Gasteiger partial charge < -0.3 is 10.7 Å². The third-order valence-corrected chi connectivity index (χ3v) is 3.78. The van der Waals surface area contributed by atoms with E-state index in [1.54, 1.807) is 12.3 Å². The maximum absolute atomic E-state index is 13.9. The van der Waals surface area contributed by atoms with Crippen molar-refractivity contribution in [1.29, 1.82) is 0 Å². The number of amidine groups is 1. The summed E-state index contributed by atoms with van der Waals surface area (Å²) in [6.45, 7) is 1.91. The van der Waals surface area contributed by atoms with E-state index in [1.807, 2.05) is 13.0 Å². The number of H-pyrrole nitrogens is 1. The van der Waals surface area contributed by atoms with Gasteiger partial charge in [-0.05, 0) is 29.3 Å². The van der Waals surface area contributed by atoms with Crippen molar-refractivity contribution in [2.45, 2.75) is 12.8 Å². The number of nitrogens with one attached hydrogen (secondary N) is 1. The van der Waals surface area contributed by atoms with E-state index in [4.69, 9.17) is 11.1 Å². The number of rotatable bonds is 5. The Kier molecular flexibility index (Phi) is 4.38. The molecular formula is C16H16F2N7+. The van der Waals surface area contributed by atoms with E-state index < -0.39 is 11.6 Å². The molecule has 1 unspecified atom stereocenters. The number of benzene rings is 1. The second-order valence-corrected chi connectivity index (χ2v) is 5.40. The van der Waals surface area contributed by atoms with Crippen LogP contribution in [0.25, 0.3) is 5.69 Å². The van der Waals surface area contributed by atoms with Gasteiger partial charge in [-0.3, -0.25) is 5.41 Å². The summed E-state index contributed by atoms with van der Waals surface area (Å²) in [4.78, 5) is 6.94. The molecular weight excluding hydrogens is 328 g/mol. The summed E-state index contributed by atoms with van der Waals surface area (Å²) < 4.78 is 28.1. The first-order valence-electron chi connectivity index (χ1n) is 7.43. The molecule has 1 atom stereocenters. The van der Waals surface area contributed by atoms with Gasteiger partial charge in [0.15, 0.2) is 5.82 Å². The highest BCUT2D eigenvalue weighted by Gasteiger charge is 2.17. The minimum Gasteiger partial charge on any atom is -0.361 e. The van der Waals surface area contributed by atoms with Crippen LogP contribution in [0, 0.1) is 11.6 Å². The minimum absolute atomic E-state index is 0.120. The van der Waals surface area contributed by atoms with E-state index in [9.17, 15) is 8.78 Å². The van der Waals surface area contributed by atoms with Gasteiger partial charge in [-0.2, -0.15) is 0 Å². The van der Waals surface area contributed by atoms with Gasteiger partial charge in [0.1, 0.15) is 17.2 Å². The van der Waals surface area contributed by atoms with Crippen LogP contribution in [0.2, 0.25) is 0 Å². The first kappa shape index (κ1) is 16.5. The van der Waals surface area contributed by atoms with E-state index in [1.165, 1.54) is 10.7 Å². The molecule has 0 aliphatic rings. The van der Waals surface area contributed by atoms with Crippen molar-refractivity contribution in [3.63, 3.8) is 0 Å². The molecule has 0 saturated heterocycles. The zero-order valence-electron chi connectivity index (χ0n) is 13.3. The van der Waals surface area contributed by atoms with Gasteiger partial charge in [-0.15, -0.1) is 5.10 Å². The first-order valence-corrected chi connectivity index (χ1v) is 7.43. The molecule has 3 rings (SSSR count). The average molecular weight is 344 g/mol. The highest BCUT2D eigenvalue weighted by atomic mass is 19.1. The number of aliphatic imine (C=N–C) groups is 1. The molecule has 3 aromatic rings. The lowest BCUT2D eigenvalue weighted by molar-refractivity contribution is -0.106. The molecule has 0 fully saturated rings. The quantitative estimate of drug-likeness (QED) is 0.463. The number of nitrogens with two attached hydrogens (primary N) is 2. The zero-order valence-corrected chi connectivity index (χ0v) is 13.3. The smallest absolute Gasteiger partial charge is 0.280 e. The molecule has 1 aromatic carbocycles. The molecule has 0 aliphatic heterocycles. The Bertz CT molecular complexity index is 942. The van der Waals surface area contributed by atoms with Crippen LogP contribution in [0.15, 0.2) is 41.5 Å². The Morgan fingerprint density at radius 1 is 1.36 bits per heavy atom. The molecule has 2 aromatic heterocycles. The Hall–Kier alpha value is -3.36. The maximum Gasteiger partial charge on any atom is 0.280 e. The van der Waals surface area contributed by atoms with Crippen LogP contribution in [-0.4, -0.2) is 32.2 Å². The molecule has 128 valence electrons. The highest BCUT2D eigenvalue weighted by Crippen LogP contribution is 2.23. The van der Waals surface area contributed by atoms with Crippen LogP contribution >= 0.6 is 0 Å². The molecule has 0 spiro atoms. The Labute approximate surface area is 141 Å². The Balaban J connectivity index is 1.87. The molecule has 9 heteroatoms. The Morgan fingerprint density at radius 2 is 2.16 bits per heavy atom. The van der Waals surface area contributed by atoms with Crippen LogP contribution in [0.1, 0.15) is 29.9 Å². The summed E-state index contributed by atoms with van der Waals surface area (Å²) in [5.41, 5.74) is 7.95. The lowest BCUT2D eigenvalue weighted by Crippen LogP contribution is -2.30. The minimum atomic E-state index is -0.715. The summed E-state index contributed by atoms with van der Waals surface area (Å²) in [5, 5.41) is 13.2. The average Bonchev–Trinajstić information content (AvgIpc) is 3.24. The largest absolute Gasteiger partial charge is 0.361 e. The SMILES string of the molecule is CC(c1cn(-c2ccc(F)cc2F)nn1)c1ccc(C(N)=NC=[NH2+])[nH]1. The maximum atomic E-state index is 13.9. The van der Waals surface area contributed by atoms with Gasteiger partial charge in [-0.1, -0.05) is 12.1 Å². The predicted octanol–water partition coefficient (Wildman–Crippen LogP) is 0.518. The number of hydrogen-bond acceptors (Lipinski definition) is 2. The van der Waals surface area contributed by atoms with Gasteiger partial charge in [-0.25, -0.2) is 13.5 Å². The van der Waals surface area contributed by atoms with Crippen molar-refractivity contribution in [1.82, 2.24) is 20.0 Å². The number of aromatic amines is 1. The van der Waals surface area contributed by atoms with Gasteiger partial charge >= 0.3 is 0 Å². The third-order valence-electron chi connectivity index (χ3n) is 3.78. The molecule has 5 N–H and O–H groups in total. The van der Waals surface area contributed by atoms with Crippen molar-refractivity contribution >= 4 is 12.2 Å². The fraction of sp³-hybridized carbons (Fsp3) is 0.125. The second kappa shape index (κ2) is 6.63. The van der Waals surface area contributed by atoms with Crippen LogP contribution in [-0.2, 0) is 0 Å². The summed E-state index contributed by atoms with van der Waals surface area (Å²) in [7, 11) is 0. The number of halogens is 2. The summed E-state index contributed by atoms with van der Waals surface area (Å²) in [6, 6.07) is 6.89.